The lowest BCUT2D eigenvalue weighted by molar-refractivity contribution is 0.402. The molecule has 0 saturated carbocycles. The van der Waals surface area contributed by atoms with Crippen molar-refractivity contribution in [2.75, 3.05) is 12.8 Å². The highest BCUT2D eigenvalue weighted by Crippen LogP contribution is 2.31. The van der Waals surface area contributed by atoms with Crippen molar-refractivity contribution in [3.8, 4) is 23.0 Å². The molecule has 0 bridgehead atoms. The van der Waals surface area contributed by atoms with Gasteiger partial charge in [-0.15, -0.1) is 0 Å². The third-order valence-electron chi connectivity index (χ3n) is 3.64. The average Bonchev–Trinajstić information content (AvgIpc) is 3.01. The van der Waals surface area contributed by atoms with Gasteiger partial charge in [0.1, 0.15) is 5.82 Å². The molecule has 7 heteroatoms. The maximum Gasteiger partial charge on any atom is 0.247 e. The Morgan fingerprint density at radius 3 is 2.42 bits per heavy atom. The molecule has 118 valence electrons. The number of hydrogen-bond acceptors (Lipinski definition) is 6. The van der Waals surface area contributed by atoms with Crippen molar-refractivity contribution in [3.05, 3.63) is 54.9 Å². The lowest BCUT2D eigenvalue weighted by Crippen LogP contribution is -2.02. The third kappa shape index (κ3) is 2.23. The summed E-state index contributed by atoms with van der Waals surface area (Å²) in [6.07, 6.45) is 3.45. The SMILES string of the molecule is COc1nc(N)nc2c1nc(-c1ccncc1)n2-c1ccccc1. The van der Waals surface area contributed by atoms with E-state index in [0.29, 0.717) is 17.0 Å². The van der Waals surface area contributed by atoms with Crippen LogP contribution in [0.4, 0.5) is 5.95 Å². The van der Waals surface area contributed by atoms with Gasteiger partial charge in [0.25, 0.3) is 0 Å². The minimum atomic E-state index is 0.137. The molecule has 0 saturated heterocycles. The van der Waals surface area contributed by atoms with Crippen LogP contribution in [0.15, 0.2) is 54.9 Å². The highest BCUT2D eigenvalue weighted by Gasteiger charge is 2.20. The van der Waals surface area contributed by atoms with Gasteiger partial charge >= 0.3 is 0 Å². The Morgan fingerprint density at radius 2 is 1.71 bits per heavy atom. The Morgan fingerprint density at radius 1 is 0.958 bits per heavy atom. The minimum Gasteiger partial charge on any atom is -0.479 e. The maximum atomic E-state index is 5.84. The highest BCUT2D eigenvalue weighted by atomic mass is 16.5. The molecular formula is C17H14N6O. The van der Waals surface area contributed by atoms with Gasteiger partial charge in [-0.1, -0.05) is 18.2 Å². The number of nitrogen functional groups attached to an aromatic ring is 1. The van der Waals surface area contributed by atoms with Gasteiger partial charge in [0.15, 0.2) is 11.2 Å². The Bertz CT molecular complexity index is 998. The molecule has 0 fully saturated rings. The number of nitrogens with zero attached hydrogens (tertiary/aromatic N) is 5. The molecule has 0 aliphatic carbocycles. The van der Waals surface area contributed by atoms with Crippen molar-refractivity contribution < 1.29 is 4.74 Å². The second-order valence-electron chi connectivity index (χ2n) is 5.11. The molecule has 3 heterocycles. The van der Waals surface area contributed by atoms with Crippen LogP contribution in [0.3, 0.4) is 0 Å². The summed E-state index contributed by atoms with van der Waals surface area (Å²) >= 11 is 0. The van der Waals surface area contributed by atoms with Gasteiger partial charge in [0.2, 0.25) is 11.8 Å². The number of fused-ring (bicyclic) bond motifs is 1. The van der Waals surface area contributed by atoms with Crippen LogP contribution in [0.5, 0.6) is 5.88 Å². The van der Waals surface area contributed by atoms with Crippen molar-refractivity contribution in [1.82, 2.24) is 24.5 Å². The van der Waals surface area contributed by atoms with Gasteiger partial charge in [0, 0.05) is 23.6 Å². The third-order valence-corrected chi connectivity index (χ3v) is 3.64. The first-order valence-corrected chi connectivity index (χ1v) is 7.33. The van der Waals surface area contributed by atoms with E-state index in [1.807, 2.05) is 47.0 Å². The summed E-state index contributed by atoms with van der Waals surface area (Å²) in [5.41, 5.74) is 8.83. The fourth-order valence-corrected chi connectivity index (χ4v) is 2.61. The first kappa shape index (κ1) is 14.1. The van der Waals surface area contributed by atoms with Crippen molar-refractivity contribution in [2.45, 2.75) is 0 Å². The van der Waals surface area contributed by atoms with E-state index in [-0.39, 0.29) is 5.95 Å². The molecule has 4 rings (SSSR count). The highest BCUT2D eigenvalue weighted by molar-refractivity contribution is 5.84. The summed E-state index contributed by atoms with van der Waals surface area (Å²) in [6, 6.07) is 13.6. The number of aromatic nitrogens is 5. The second-order valence-corrected chi connectivity index (χ2v) is 5.11. The summed E-state index contributed by atoms with van der Waals surface area (Å²) in [6.45, 7) is 0. The van der Waals surface area contributed by atoms with E-state index in [1.165, 1.54) is 7.11 Å². The van der Waals surface area contributed by atoms with Gasteiger partial charge in [-0.3, -0.25) is 9.55 Å². The van der Waals surface area contributed by atoms with E-state index < -0.39 is 0 Å². The van der Waals surface area contributed by atoms with E-state index in [2.05, 4.69) is 15.0 Å². The number of imidazole rings is 1. The van der Waals surface area contributed by atoms with E-state index in [1.54, 1.807) is 12.4 Å². The summed E-state index contributed by atoms with van der Waals surface area (Å²) in [4.78, 5) is 17.3. The minimum absolute atomic E-state index is 0.137. The van der Waals surface area contributed by atoms with E-state index in [4.69, 9.17) is 15.5 Å². The number of nitrogens with two attached hydrogens (primary N) is 1. The van der Waals surface area contributed by atoms with Crippen LogP contribution in [-0.2, 0) is 0 Å². The smallest absolute Gasteiger partial charge is 0.247 e. The number of ether oxygens (including phenoxy) is 1. The zero-order valence-corrected chi connectivity index (χ0v) is 12.9. The first-order chi connectivity index (χ1) is 11.8. The predicted octanol–water partition coefficient (Wildman–Crippen LogP) is 2.47. The molecule has 0 spiro atoms. The normalized spacial score (nSPS) is 10.9. The molecule has 0 unspecified atom stereocenters. The Balaban J connectivity index is 2.11. The number of para-hydroxylation sites is 1. The van der Waals surface area contributed by atoms with Crippen molar-refractivity contribution in [3.63, 3.8) is 0 Å². The first-order valence-electron chi connectivity index (χ1n) is 7.33. The van der Waals surface area contributed by atoms with Crippen LogP contribution < -0.4 is 10.5 Å². The second kappa shape index (κ2) is 5.62. The Kier molecular flexibility index (Phi) is 3.31. The number of hydrogen-bond donors (Lipinski definition) is 1. The largest absolute Gasteiger partial charge is 0.479 e. The number of benzene rings is 1. The molecule has 0 radical (unpaired) electrons. The van der Waals surface area contributed by atoms with Crippen LogP contribution in [0, 0.1) is 0 Å². The maximum absolute atomic E-state index is 5.84. The quantitative estimate of drug-likeness (QED) is 0.624. The number of pyridine rings is 1. The summed E-state index contributed by atoms with van der Waals surface area (Å²) in [7, 11) is 1.54. The van der Waals surface area contributed by atoms with E-state index in [9.17, 15) is 0 Å². The Hall–Kier alpha value is -3.48. The molecule has 24 heavy (non-hydrogen) atoms. The standard InChI is InChI=1S/C17H14N6O/c1-24-16-13-15(21-17(18)22-16)23(12-5-3-2-4-6-12)14(20-13)11-7-9-19-10-8-11/h2-10H,1H3,(H2,18,21,22). The molecule has 4 aromatic rings. The zero-order valence-electron chi connectivity index (χ0n) is 12.9. The van der Waals surface area contributed by atoms with Crippen molar-refractivity contribution in [2.24, 2.45) is 0 Å². The molecule has 0 atom stereocenters. The molecule has 0 amide bonds. The topological polar surface area (TPSA) is 91.7 Å². The monoisotopic (exact) mass is 318 g/mol. The molecule has 2 N–H and O–H groups in total. The van der Waals surface area contributed by atoms with Crippen molar-refractivity contribution in [1.29, 1.82) is 0 Å². The van der Waals surface area contributed by atoms with Gasteiger partial charge in [-0.25, -0.2) is 4.98 Å². The molecule has 7 nitrogen and oxygen atoms in total. The average molecular weight is 318 g/mol. The lowest BCUT2D eigenvalue weighted by Gasteiger charge is -2.08. The fraction of sp³-hybridized carbons (Fsp3) is 0.0588. The van der Waals surface area contributed by atoms with Crippen molar-refractivity contribution >= 4 is 17.1 Å². The molecule has 0 aliphatic rings. The zero-order chi connectivity index (χ0) is 16.5. The summed E-state index contributed by atoms with van der Waals surface area (Å²) < 4.78 is 7.26. The summed E-state index contributed by atoms with van der Waals surface area (Å²) in [5, 5.41) is 0. The van der Waals surface area contributed by atoms with Gasteiger partial charge < -0.3 is 10.5 Å². The van der Waals surface area contributed by atoms with Crippen LogP contribution in [0.25, 0.3) is 28.2 Å². The number of rotatable bonds is 3. The molecule has 1 aromatic carbocycles. The van der Waals surface area contributed by atoms with E-state index >= 15 is 0 Å². The van der Waals surface area contributed by atoms with Gasteiger partial charge in [-0.05, 0) is 24.3 Å². The molecule has 0 aliphatic heterocycles. The predicted molar refractivity (Wildman–Crippen MR) is 90.9 cm³/mol. The van der Waals surface area contributed by atoms with Gasteiger partial charge in [-0.2, -0.15) is 9.97 Å². The molecule has 3 aromatic heterocycles. The lowest BCUT2D eigenvalue weighted by atomic mass is 10.2. The van der Waals surface area contributed by atoms with Crippen LogP contribution >= 0.6 is 0 Å². The summed E-state index contributed by atoms with van der Waals surface area (Å²) in [5.74, 6) is 1.21. The molecular weight excluding hydrogens is 304 g/mol. The van der Waals surface area contributed by atoms with Crippen LogP contribution in [0.2, 0.25) is 0 Å². The van der Waals surface area contributed by atoms with Crippen LogP contribution in [0.1, 0.15) is 0 Å². The number of methoxy groups -OCH3 is 1. The number of anilines is 1. The fourth-order valence-electron chi connectivity index (χ4n) is 2.61. The van der Waals surface area contributed by atoms with Crippen LogP contribution in [-0.4, -0.2) is 31.6 Å². The van der Waals surface area contributed by atoms with E-state index in [0.717, 1.165) is 17.1 Å². The Labute approximate surface area is 137 Å². The van der Waals surface area contributed by atoms with Gasteiger partial charge in [0.05, 0.1) is 7.11 Å².